The van der Waals surface area contributed by atoms with Crippen molar-refractivity contribution in [3.05, 3.63) is 83.4 Å². The minimum Gasteiger partial charge on any atom is -0.459 e. The van der Waals surface area contributed by atoms with Crippen LogP contribution in [0.15, 0.2) is 67.0 Å². The molecule has 0 saturated carbocycles. The Morgan fingerprint density at radius 1 is 0.949 bits per heavy atom. The van der Waals surface area contributed by atoms with Crippen LogP contribution in [0.5, 0.6) is 0 Å². The molecule has 5 rings (SSSR count). The van der Waals surface area contributed by atoms with Crippen molar-refractivity contribution in [3.8, 4) is 0 Å². The number of carbonyl (C=O) groups is 3. The molecule has 4 aromatic rings. The third-order valence-corrected chi connectivity index (χ3v) is 6.09. The fraction of sp³-hybridized carbons (Fsp3) is 0.231. The summed E-state index contributed by atoms with van der Waals surface area (Å²) < 4.78 is 24.5. The predicted molar refractivity (Wildman–Crippen MR) is 137 cm³/mol. The molecule has 2 aromatic carbocycles. The van der Waals surface area contributed by atoms with Crippen LogP contribution in [0.2, 0.25) is 5.28 Å². The lowest BCUT2D eigenvalue weighted by Gasteiger charge is -2.24. The van der Waals surface area contributed by atoms with E-state index < -0.39 is 42.4 Å². The second-order valence-electron chi connectivity index (χ2n) is 8.54. The van der Waals surface area contributed by atoms with Gasteiger partial charge in [0.15, 0.2) is 29.9 Å². The second kappa shape index (κ2) is 11.1. The van der Waals surface area contributed by atoms with Crippen LogP contribution in [-0.4, -0.2) is 62.3 Å². The molecule has 0 bridgehead atoms. The van der Waals surface area contributed by atoms with Crippen molar-refractivity contribution in [2.45, 2.75) is 31.5 Å². The summed E-state index contributed by atoms with van der Waals surface area (Å²) in [5.74, 6) is -1.93. The van der Waals surface area contributed by atoms with E-state index in [1.165, 1.54) is 17.8 Å². The predicted octanol–water partition coefficient (Wildman–Crippen LogP) is 2.97. The number of imidazole rings is 1. The van der Waals surface area contributed by atoms with Crippen molar-refractivity contribution in [2.75, 3.05) is 12.3 Å². The Morgan fingerprint density at radius 3 is 2.23 bits per heavy atom. The number of hydrogen-bond acceptors (Lipinski definition) is 11. The van der Waals surface area contributed by atoms with Gasteiger partial charge in [0.1, 0.15) is 18.2 Å². The molecule has 200 valence electrons. The van der Waals surface area contributed by atoms with E-state index in [0.717, 1.165) is 0 Å². The first-order chi connectivity index (χ1) is 18.8. The Labute approximate surface area is 226 Å². The number of carbonyl (C=O) groups excluding carboxylic acids is 3. The Kier molecular flexibility index (Phi) is 7.39. The number of rotatable bonds is 7. The molecule has 0 spiro atoms. The molecule has 2 aromatic heterocycles. The van der Waals surface area contributed by atoms with Crippen LogP contribution in [0.4, 0.5) is 5.82 Å². The molecule has 39 heavy (non-hydrogen) atoms. The van der Waals surface area contributed by atoms with E-state index in [1.54, 1.807) is 60.7 Å². The summed E-state index contributed by atoms with van der Waals surface area (Å²) >= 11 is 6.02. The van der Waals surface area contributed by atoms with Crippen LogP contribution in [-0.2, 0) is 23.7 Å². The quantitative estimate of drug-likeness (QED) is 0.204. The van der Waals surface area contributed by atoms with Gasteiger partial charge in [0.2, 0.25) is 5.28 Å². The summed E-state index contributed by atoms with van der Waals surface area (Å²) in [5, 5.41) is -0.135. The fourth-order valence-electron chi connectivity index (χ4n) is 4.20. The van der Waals surface area contributed by atoms with Crippen molar-refractivity contribution in [1.29, 1.82) is 0 Å². The average molecular weight is 552 g/mol. The number of nitrogens with two attached hydrogens (primary N) is 1. The Balaban J connectivity index is 1.50. The van der Waals surface area contributed by atoms with E-state index in [-0.39, 0.29) is 34.4 Å². The summed E-state index contributed by atoms with van der Waals surface area (Å²) in [6.45, 7) is 0.887. The SMILES string of the molecule is CC(=O)O[C@H]1C(OC(=O)c2ccccc2)[C@@H](COC(=O)c2ccccc2)O[C@H]1n1cnc2c(N)nc(Cl)nc21. The van der Waals surface area contributed by atoms with Crippen LogP contribution in [0.1, 0.15) is 33.9 Å². The normalized spacial score (nSPS) is 20.5. The van der Waals surface area contributed by atoms with Crippen molar-refractivity contribution < 1.29 is 33.3 Å². The van der Waals surface area contributed by atoms with Gasteiger partial charge >= 0.3 is 17.9 Å². The number of esters is 3. The third-order valence-electron chi connectivity index (χ3n) is 5.92. The molecule has 1 fully saturated rings. The number of fused-ring (bicyclic) bond motifs is 1. The maximum Gasteiger partial charge on any atom is 0.338 e. The molecular weight excluding hydrogens is 530 g/mol. The Hall–Kier alpha value is -4.55. The van der Waals surface area contributed by atoms with E-state index >= 15 is 0 Å². The van der Waals surface area contributed by atoms with Gasteiger partial charge in [-0.1, -0.05) is 36.4 Å². The third kappa shape index (κ3) is 5.52. The van der Waals surface area contributed by atoms with Gasteiger partial charge in [0.25, 0.3) is 0 Å². The smallest absolute Gasteiger partial charge is 0.338 e. The highest BCUT2D eigenvalue weighted by Crippen LogP contribution is 2.37. The van der Waals surface area contributed by atoms with Crippen LogP contribution >= 0.6 is 11.6 Å². The van der Waals surface area contributed by atoms with Gasteiger partial charge in [-0.25, -0.2) is 14.6 Å². The molecule has 1 unspecified atom stereocenters. The standard InChI is InChI=1S/C26H22ClN5O7/c1-14(33)37-20-19(39-25(35)16-10-6-3-7-11-16)17(12-36-24(34)15-8-4-2-5-9-15)38-23(20)32-13-29-18-21(28)30-26(27)31-22(18)32/h2-11,13,17,19-20,23H,12H2,1H3,(H2,28,30,31)/t17-,19?,20+,23-/m1/s1. The zero-order valence-corrected chi connectivity index (χ0v) is 21.2. The van der Waals surface area contributed by atoms with Crippen LogP contribution in [0.3, 0.4) is 0 Å². The second-order valence-corrected chi connectivity index (χ2v) is 8.88. The number of nitrogens with zero attached hydrogens (tertiary/aromatic N) is 4. The number of anilines is 1. The molecule has 1 aliphatic heterocycles. The van der Waals surface area contributed by atoms with Gasteiger partial charge in [-0.05, 0) is 35.9 Å². The average Bonchev–Trinajstić information content (AvgIpc) is 3.49. The molecule has 0 aliphatic carbocycles. The molecule has 2 N–H and O–H groups in total. The minimum absolute atomic E-state index is 0.0335. The zero-order chi connectivity index (χ0) is 27.5. The monoisotopic (exact) mass is 551 g/mol. The molecular formula is C26H22ClN5O7. The van der Waals surface area contributed by atoms with Crippen molar-refractivity contribution in [3.63, 3.8) is 0 Å². The van der Waals surface area contributed by atoms with Crippen LogP contribution in [0, 0.1) is 0 Å². The van der Waals surface area contributed by atoms with Gasteiger partial charge in [-0.15, -0.1) is 0 Å². The maximum absolute atomic E-state index is 13.0. The lowest BCUT2D eigenvalue weighted by Crippen LogP contribution is -2.41. The van der Waals surface area contributed by atoms with Crippen molar-refractivity contribution in [2.24, 2.45) is 0 Å². The van der Waals surface area contributed by atoms with E-state index in [1.807, 2.05) is 0 Å². The first-order valence-electron chi connectivity index (χ1n) is 11.8. The number of halogens is 1. The summed E-state index contributed by atoms with van der Waals surface area (Å²) in [6.07, 6.45) is -3.13. The van der Waals surface area contributed by atoms with Crippen molar-refractivity contribution in [1.82, 2.24) is 19.5 Å². The van der Waals surface area contributed by atoms with Crippen LogP contribution < -0.4 is 5.73 Å². The summed E-state index contributed by atoms with van der Waals surface area (Å²) in [5.41, 5.74) is 6.97. The fourth-order valence-corrected chi connectivity index (χ4v) is 4.37. The topological polar surface area (TPSA) is 158 Å². The number of hydrogen-bond donors (Lipinski definition) is 1. The zero-order valence-electron chi connectivity index (χ0n) is 20.5. The summed E-state index contributed by atoms with van der Waals surface area (Å²) in [7, 11) is 0. The lowest BCUT2D eigenvalue weighted by atomic mass is 10.1. The Bertz CT molecular complexity index is 1520. The Morgan fingerprint density at radius 2 is 1.59 bits per heavy atom. The number of nitrogen functional groups attached to an aromatic ring is 1. The molecule has 3 heterocycles. The van der Waals surface area contributed by atoms with Gasteiger partial charge in [-0.3, -0.25) is 9.36 Å². The number of benzene rings is 2. The van der Waals surface area contributed by atoms with Gasteiger partial charge < -0.3 is 24.7 Å². The highest BCUT2D eigenvalue weighted by atomic mass is 35.5. The number of ether oxygens (including phenoxy) is 4. The van der Waals surface area contributed by atoms with E-state index in [9.17, 15) is 14.4 Å². The molecule has 1 saturated heterocycles. The molecule has 0 radical (unpaired) electrons. The summed E-state index contributed by atoms with van der Waals surface area (Å²) in [4.78, 5) is 50.1. The summed E-state index contributed by atoms with van der Waals surface area (Å²) in [6, 6.07) is 16.6. The maximum atomic E-state index is 13.0. The molecule has 12 nitrogen and oxygen atoms in total. The molecule has 0 amide bonds. The lowest BCUT2D eigenvalue weighted by molar-refractivity contribution is -0.156. The first-order valence-corrected chi connectivity index (χ1v) is 12.2. The van der Waals surface area contributed by atoms with Crippen LogP contribution in [0.25, 0.3) is 11.2 Å². The van der Waals surface area contributed by atoms with E-state index in [0.29, 0.717) is 5.56 Å². The van der Waals surface area contributed by atoms with Gasteiger partial charge in [-0.2, -0.15) is 9.97 Å². The molecule has 13 heteroatoms. The highest BCUT2D eigenvalue weighted by Gasteiger charge is 2.51. The molecule has 4 atom stereocenters. The van der Waals surface area contributed by atoms with Gasteiger partial charge in [0, 0.05) is 6.92 Å². The largest absolute Gasteiger partial charge is 0.459 e. The van der Waals surface area contributed by atoms with E-state index in [2.05, 4.69) is 15.0 Å². The highest BCUT2D eigenvalue weighted by molar-refractivity contribution is 6.28. The van der Waals surface area contributed by atoms with Gasteiger partial charge in [0.05, 0.1) is 17.5 Å². The van der Waals surface area contributed by atoms with E-state index in [4.69, 9.17) is 36.3 Å². The first kappa shape index (κ1) is 26.1. The van der Waals surface area contributed by atoms with Crippen molar-refractivity contribution >= 4 is 46.5 Å². The molecule has 1 aliphatic rings. The minimum atomic E-state index is -1.18. The number of aromatic nitrogens is 4.